The Labute approximate surface area is 102 Å². The van der Waals surface area contributed by atoms with E-state index in [4.69, 9.17) is 0 Å². The Hall–Kier alpha value is -1.08. The van der Waals surface area contributed by atoms with Gasteiger partial charge in [0.25, 0.3) is 0 Å². The lowest BCUT2D eigenvalue weighted by molar-refractivity contribution is 0.595. The van der Waals surface area contributed by atoms with E-state index in [0.717, 1.165) is 18.7 Å². The first-order valence-electron chi connectivity index (χ1n) is 5.69. The van der Waals surface area contributed by atoms with E-state index in [1.54, 1.807) is 13.8 Å². The highest BCUT2D eigenvalue weighted by atomic mass is 32.2. The molecule has 0 aromatic carbocycles. The summed E-state index contributed by atoms with van der Waals surface area (Å²) in [5, 5.41) is 9.74. The zero-order chi connectivity index (χ0) is 12.9. The van der Waals surface area contributed by atoms with E-state index in [9.17, 15) is 8.42 Å². The maximum absolute atomic E-state index is 11.8. The number of hydrogen-bond acceptors (Lipinski definition) is 4. The first kappa shape index (κ1) is 14.0. The van der Waals surface area contributed by atoms with Crippen molar-refractivity contribution in [3.05, 3.63) is 11.4 Å². The summed E-state index contributed by atoms with van der Waals surface area (Å²) in [5.41, 5.74) is 1.95. The summed E-state index contributed by atoms with van der Waals surface area (Å²) in [6.07, 6.45) is 0.993. The maximum atomic E-state index is 11.8. The van der Waals surface area contributed by atoms with Gasteiger partial charge in [0.1, 0.15) is 0 Å². The molecule has 0 radical (unpaired) electrons. The van der Waals surface area contributed by atoms with Gasteiger partial charge in [-0.15, -0.1) is 0 Å². The molecule has 1 aromatic heterocycles. The van der Waals surface area contributed by atoms with Crippen LogP contribution in [0.25, 0.3) is 0 Å². The van der Waals surface area contributed by atoms with Gasteiger partial charge < -0.3 is 5.32 Å². The number of aromatic amines is 1. The Morgan fingerprint density at radius 1 is 1.29 bits per heavy atom. The van der Waals surface area contributed by atoms with Crippen LogP contribution in [-0.2, 0) is 10.0 Å². The molecule has 3 N–H and O–H groups in total. The zero-order valence-electron chi connectivity index (χ0n) is 10.5. The molecule has 6 nitrogen and oxygen atoms in total. The van der Waals surface area contributed by atoms with Crippen LogP contribution in [-0.4, -0.2) is 37.5 Å². The molecule has 0 spiro atoms. The van der Waals surface area contributed by atoms with Crippen LogP contribution in [0.3, 0.4) is 0 Å². The van der Waals surface area contributed by atoms with E-state index in [0.29, 0.717) is 17.9 Å². The second kappa shape index (κ2) is 6.02. The molecule has 0 atom stereocenters. The molecule has 1 rings (SSSR count). The lowest BCUT2D eigenvalue weighted by atomic mass is 10.3. The van der Waals surface area contributed by atoms with Gasteiger partial charge in [0.05, 0.1) is 22.8 Å². The lowest BCUT2D eigenvalue weighted by Crippen LogP contribution is -2.27. The van der Waals surface area contributed by atoms with Gasteiger partial charge >= 0.3 is 0 Å². The summed E-state index contributed by atoms with van der Waals surface area (Å²) in [7, 11) is -3.30. The molecule has 0 aliphatic rings. The number of aryl methyl sites for hydroxylation is 2. The van der Waals surface area contributed by atoms with Crippen LogP contribution in [0, 0.1) is 13.8 Å². The summed E-state index contributed by atoms with van der Waals surface area (Å²) in [6.45, 7) is 6.88. The summed E-state index contributed by atoms with van der Waals surface area (Å²) < 4.78 is 26.1. The first-order chi connectivity index (χ1) is 7.96. The van der Waals surface area contributed by atoms with E-state index in [1.165, 1.54) is 0 Å². The molecule has 0 aliphatic heterocycles. The van der Waals surface area contributed by atoms with Gasteiger partial charge in [-0.3, -0.25) is 9.82 Å². The number of hydrogen-bond donors (Lipinski definition) is 3. The van der Waals surface area contributed by atoms with Gasteiger partial charge in [0, 0.05) is 6.54 Å². The molecular formula is C10H20N4O2S. The van der Waals surface area contributed by atoms with Gasteiger partial charge in [-0.25, -0.2) is 8.42 Å². The monoisotopic (exact) mass is 260 g/mol. The third-order valence-corrected chi connectivity index (χ3v) is 3.62. The zero-order valence-corrected chi connectivity index (χ0v) is 11.3. The maximum Gasteiger partial charge on any atom is 0.234 e. The van der Waals surface area contributed by atoms with Crippen LogP contribution in [0.1, 0.15) is 24.7 Å². The molecular weight excluding hydrogens is 240 g/mol. The molecule has 0 saturated carbocycles. The number of H-pyrrole nitrogens is 1. The first-order valence-corrected chi connectivity index (χ1v) is 7.34. The topological polar surface area (TPSA) is 86.9 Å². The number of nitrogens with zero attached hydrogens (tertiary/aromatic N) is 1. The predicted molar refractivity (Wildman–Crippen MR) is 68.6 cm³/mol. The highest BCUT2D eigenvalue weighted by Gasteiger charge is 2.14. The van der Waals surface area contributed by atoms with Crippen molar-refractivity contribution in [1.82, 2.24) is 15.5 Å². The minimum Gasteiger partial charge on any atom is -0.316 e. The van der Waals surface area contributed by atoms with E-state index < -0.39 is 10.0 Å². The molecule has 7 heteroatoms. The fourth-order valence-electron chi connectivity index (χ4n) is 1.42. The molecule has 1 aromatic rings. The number of anilines is 1. The van der Waals surface area contributed by atoms with Crippen LogP contribution in [0.5, 0.6) is 0 Å². The normalized spacial score (nSPS) is 11.7. The van der Waals surface area contributed by atoms with Gasteiger partial charge in [0.2, 0.25) is 10.0 Å². The average molecular weight is 260 g/mol. The van der Waals surface area contributed by atoms with Crippen LogP contribution >= 0.6 is 0 Å². The van der Waals surface area contributed by atoms with E-state index >= 15 is 0 Å². The Morgan fingerprint density at radius 2 is 2.00 bits per heavy atom. The third-order valence-electron chi connectivity index (χ3n) is 2.36. The van der Waals surface area contributed by atoms with E-state index in [-0.39, 0.29) is 5.75 Å². The molecule has 0 aliphatic carbocycles. The van der Waals surface area contributed by atoms with Crippen molar-refractivity contribution in [2.24, 2.45) is 0 Å². The molecule has 98 valence electrons. The molecule has 0 amide bonds. The van der Waals surface area contributed by atoms with Gasteiger partial charge in [-0.2, -0.15) is 5.10 Å². The second-order valence-corrected chi connectivity index (χ2v) is 5.82. The van der Waals surface area contributed by atoms with Crippen molar-refractivity contribution in [1.29, 1.82) is 0 Å². The molecule has 0 saturated heterocycles. The summed E-state index contributed by atoms with van der Waals surface area (Å²) in [4.78, 5) is 0. The summed E-state index contributed by atoms with van der Waals surface area (Å²) in [6, 6.07) is 0. The minimum absolute atomic E-state index is 0.0665. The summed E-state index contributed by atoms with van der Waals surface area (Å²) >= 11 is 0. The van der Waals surface area contributed by atoms with Crippen LogP contribution in [0.2, 0.25) is 0 Å². The number of sulfonamides is 1. The molecule has 0 bridgehead atoms. The van der Waals surface area contributed by atoms with E-state index in [2.05, 4.69) is 20.2 Å². The Balaban J connectivity index is 2.55. The largest absolute Gasteiger partial charge is 0.316 e. The fourth-order valence-corrected chi connectivity index (χ4v) is 2.54. The smallest absolute Gasteiger partial charge is 0.234 e. The highest BCUT2D eigenvalue weighted by Crippen LogP contribution is 2.17. The van der Waals surface area contributed by atoms with Crippen molar-refractivity contribution < 1.29 is 8.42 Å². The van der Waals surface area contributed by atoms with Crippen LogP contribution in [0.4, 0.5) is 5.69 Å². The van der Waals surface area contributed by atoms with Gasteiger partial charge in [-0.1, -0.05) is 6.92 Å². The molecule has 0 unspecified atom stereocenters. The summed E-state index contributed by atoms with van der Waals surface area (Å²) in [5.74, 6) is 0.0665. The third kappa shape index (κ3) is 4.35. The Bertz CT molecular complexity index is 433. The predicted octanol–water partition coefficient (Wildman–Crippen LogP) is 0.768. The van der Waals surface area contributed by atoms with Gasteiger partial charge in [0.15, 0.2) is 0 Å². The van der Waals surface area contributed by atoms with Gasteiger partial charge in [-0.05, 0) is 26.8 Å². The standard InChI is InChI=1S/C10H20N4O2S/c1-4-5-11-6-7-17(15,16)14-10-8(2)12-13-9(10)3/h11,14H,4-7H2,1-3H3,(H,12,13). The SMILES string of the molecule is CCCNCCS(=O)(=O)Nc1c(C)n[nH]c1C. The van der Waals surface area contributed by atoms with Crippen molar-refractivity contribution in [3.8, 4) is 0 Å². The fraction of sp³-hybridized carbons (Fsp3) is 0.700. The van der Waals surface area contributed by atoms with Crippen molar-refractivity contribution in [3.63, 3.8) is 0 Å². The van der Waals surface area contributed by atoms with Crippen molar-refractivity contribution >= 4 is 15.7 Å². The van der Waals surface area contributed by atoms with Crippen LogP contribution in [0.15, 0.2) is 0 Å². The Kier molecular flexibility index (Phi) is 4.95. The molecule has 17 heavy (non-hydrogen) atoms. The average Bonchev–Trinajstić information content (AvgIpc) is 2.56. The van der Waals surface area contributed by atoms with Crippen LogP contribution < -0.4 is 10.0 Å². The lowest BCUT2D eigenvalue weighted by Gasteiger charge is -2.08. The highest BCUT2D eigenvalue weighted by molar-refractivity contribution is 7.92. The number of aromatic nitrogens is 2. The molecule has 0 fully saturated rings. The molecule has 1 heterocycles. The minimum atomic E-state index is -3.30. The number of nitrogens with one attached hydrogen (secondary N) is 3. The van der Waals surface area contributed by atoms with E-state index in [1.807, 2.05) is 6.92 Å². The second-order valence-electron chi connectivity index (χ2n) is 3.98. The van der Waals surface area contributed by atoms with Crippen molar-refractivity contribution in [2.75, 3.05) is 23.6 Å². The van der Waals surface area contributed by atoms with Crippen molar-refractivity contribution in [2.45, 2.75) is 27.2 Å². The Morgan fingerprint density at radius 3 is 2.53 bits per heavy atom. The quantitative estimate of drug-likeness (QED) is 0.632. The number of rotatable bonds is 7.